The van der Waals surface area contributed by atoms with Crippen LogP contribution in [0.1, 0.15) is 0 Å². The number of nitro groups is 1. The van der Waals surface area contributed by atoms with Crippen molar-refractivity contribution in [2.75, 3.05) is 4.90 Å². The summed E-state index contributed by atoms with van der Waals surface area (Å²) in [6, 6.07) is 10.8. The summed E-state index contributed by atoms with van der Waals surface area (Å²) in [5, 5.41) is 20.6. The minimum Gasteiger partial charge on any atom is -0.506 e. The van der Waals surface area contributed by atoms with Crippen LogP contribution in [0.15, 0.2) is 48.5 Å². The van der Waals surface area contributed by atoms with Gasteiger partial charge < -0.3 is 10.8 Å². The molecule has 0 saturated heterocycles. The van der Waals surface area contributed by atoms with E-state index in [1.807, 2.05) is 0 Å². The number of primary amides is 1. The second-order valence-corrected chi connectivity index (χ2v) is 3.94. The second kappa shape index (κ2) is 5.27. The number of urea groups is 1. The fraction of sp³-hybridized carbons (Fsp3) is 0. The smallest absolute Gasteiger partial charge is 0.324 e. The lowest BCUT2D eigenvalue weighted by Gasteiger charge is -2.21. The number of anilines is 2. The molecule has 0 aliphatic carbocycles. The fourth-order valence-electron chi connectivity index (χ4n) is 1.77. The molecule has 7 nitrogen and oxygen atoms in total. The number of hydrogen-bond donors (Lipinski definition) is 2. The van der Waals surface area contributed by atoms with Crippen LogP contribution in [0.2, 0.25) is 0 Å². The minimum absolute atomic E-state index is 0.0436. The van der Waals surface area contributed by atoms with Crippen molar-refractivity contribution >= 4 is 23.1 Å². The van der Waals surface area contributed by atoms with Crippen LogP contribution in [0.5, 0.6) is 5.75 Å². The highest BCUT2D eigenvalue weighted by Gasteiger charge is 2.21. The van der Waals surface area contributed by atoms with E-state index in [1.54, 1.807) is 30.3 Å². The third kappa shape index (κ3) is 2.51. The molecular weight excluding hydrogens is 262 g/mol. The number of benzene rings is 2. The number of carbonyl (C=O) groups is 1. The number of phenols is 1. The molecule has 0 saturated carbocycles. The van der Waals surface area contributed by atoms with Crippen LogP contribution in [0, 0.1) is 10.1 Å². The summed E-state index contributed by atoms with van der Waals surface area (Å²) in [4.78, 5) is 22.8. The van der Waals surface area contributed by atoms with Crippen molar-refractivity contribution in [1.82, 2.24) is 0 Å². The first kappa shape index (κ1) is 13.3. The van der Waals surface area contributed by atoms with Crippen LogP contribution in [-0.4, -0.2) is 16.1 Å². The van der Waals surface area contributed by atoms with Gasteiger partial charge in [-0.1, -0.05) is 18.2 Å². The second-order valence-electron chi connectivity index (χ2n) is 3.94. The molecule has 0 heterocycles. The summed E-state index contributed by atoms with van der Waals surface area (Å²) < 4.78 is 0. The summed E-state index contributed by atoms with van der Waals surface area (Å²) in [5.74, 6) is -0.279. The third-order valence-electron chi connectivity index (χ3n) is 2.65. The Balaban J connectivity index is 2.58. The SMILES string of the molecule is NC(=O)N(c1ccccc1)c1cc([N+](=O)[O-])ccc1O. The van der Waals surface area contributed by atoms with E-state index in [1.165, 1.54) is 0 Å². The van der Waals surface area contributed by atoms with Gasteiger partial charge in [0.15, 0.2) is 0 Å². The third-order valence-corrected chi connectivity index (χ3v) is 2.65. The molecule has 102 valence electrons. The molecule has 20 heavy (non-hydrogen) atoms. The highest BCUT2D eigenvalue weighted by Crippen LogP contribution is 2.35. The molecule has 0 aliphatic heterocycles. The van der Waals surface area contributed by atoms with Gasteiger partial charge in [-0.3, -0.25) is 15.0 Å². The van der Waals surface area contributed by atoms with E-state index in [-0.39, 0.29) is 17.1 Å². The van der Waals surface area contributed by atoms with E-state index in [0.29, 0.717) is 5.69 Å². The van der Waals surface area contributed by atoms with Crippen molar-refractivity contribution in [3.05, 3.63) is 58.6 Å². The summed E-state index contributed by atoms with van der Waals surface area (Å²) >= 11 is 0. The molecule has 0 radical (unpaired) electrons. The number of nitrogens with zero attached hydrogens (tertiary/aromatic N) is 2. The van der Waals surface area contributed by atoms with Crippen molar-refractivity contribution in [1.29, 1.82) is 0 Å². The van der Waals surface area contributed by atoms with Crippen LogP contribution in [0.25, 0.3) is 0 Å². The Kier molecular flexibility index (Phi) is 3.52. The predicted octanol–water partition coefficient (Wildman–Crippen LogP) is 2.52. The van der Waals surface area contributed by atoms with Crippen molar-refractivity contribution in [2.24, 2.45) is 5.73 Å². The van der Waals surface area contributed by atoms with Gasteiger partial charge in [0.1, 0.15) is 5.75 Å². The molecule has 3 N–H and O–H groups in total. The van der Waals surface area contributed by atoms with Gasteiger partial charge >= 0.3 is 6.03 Å². The van der Waals surface area contributed by atoms with Crippen LogP contribution < -0.4 is 10.6 Å². The number of nitro benzene ring substituents is 1. The maximum absolute atomic E-state index is 11.6. The van der Waals surface area contributed by atoms with E-state index in [2.05, 4.69) is 0 Å². The Hall–Kier alpha value is -3.09. The monoisotopic (exact) mass is 273 g/mol. The van der Waals surface area contributed by atoms with E-state index < -0.39 is 11.0 Å². The Bertz CT molecular complexity index is 658. The van der Waals surface area contributed by atoms with Crippen LogP contribution in [0.4, 0.5) is 21.9 Å². The van der Waals surface area contributed by atoms with Gasteiger partial charge in [0.2, 0.25) is 0 Å². The molecular formula is C13H11N3O4. The average Bonchev–Trinajstić information content (AvgIpc) is 2.41. The summed E-state index contributed by atoms with van der Waals surface area (Å²) in [5.41, 5.74) is 5.41. The van der Waals surface area contributed by atoms with Crippen molar-refractivity contribution in [3.63, 3.8) is 0 Å². The van der Waals surface area contributed by atoms with Gasteiger partial charge in [-0.15, -0.1) is 0 Å². The standard InChI is InChI=1S/C13H11N3O4/c14-13(18)15(9-4-2-1-3-5-9)11-8-10(16(19)20)6-7-12(11)17/h1-8,17H,(H2,14,18). The van der Waals surface area contributed by atoms with Crippen LogP contribution in [-0.2, 0) is 0 Å². The van der Waals surface area contributed by atoms with Gasteiger partial charge in [-0.05, 0) is 18.2 Å². The molecule has 2 amide bonds. The van der Waals surface area contributed by atoms with Crippen molar-refractivity contribution in [3.8, 4) is 5.75 Å². The quantitative estimate of drug-likeness (QED) is 0.661. The number of hydrogen-bond acceptors (Lipinski definition) is 4. The minimum atomic E-state index is -0.855. The van der Waals surface area contributed by atoms with Gasteiger partial charge in [-0.25, -0.2) is 4.79 Å². The largest absolute Gasteiger partial charge is 0.506 e. The maximum Gasteiger partial charge on any atom is 0.324 e. The zero-order valence-corrected chi connectivity index (χ0v) is 10.3. The molecule has 0 unspecified atom stereocenters. The Morgan fingerprint density at radius 1 is 1.20 bits per heavy atom. The molecule has 2 aromatic rings. The molecule has 7 heteroatoms. The van der Waals surface area contributed by atoms with E-state index >= 15 is 0 Å². The molecule has 2 rings (SSSR count). The van der Waals surface area contributed by atoms with Crippen molar-refractivity contribution < 1.29 is 14.8 Å². The van der Waals surface area contributed by atoms with Crippen molar-refractivity contribution in [2.45, 2.75) is 0 Å². The van der Waals surface area contributed by atoms with E-state index in [9.17, 15) is 20.0 Å². The molecule has 0 atom stereocenters. The Morgan fingerprint density at radius 2 is 1.85 bits per heavy atom. The van der Waals surface area contributed by atoms with E-state index in [4.69, 9.17) is 5.73 Å². The number of nitrogens with two attached hydrogens (primary N) is 1. The summed E-state index contributed by atoms with van der Waals surface area (Å²) in [6.45, 7) is 0. The molecule has 2 aromatic carbocycles. The number of carbonyl (C=O) groups excluding carboxylic acids is 1. The molecule has 0 aliphatic rings. The Labute approximate surface area is 114 Å². The molecule has 0 spiro atoms. The number of amides is 2. The zero-order valence-electron chi connectivity index (χ0n) is 10.3. The van der Waals surface area contributed by atoms with Gasteiger partial charge in [0, 0.05) is 12.1 Å². The lowest BCUT2D eigenvalue weighted by atomic mass is 10.2. The maximum atomic E-state index is 11.6. The first-order valence-corrected chi connectivity index (χ1v) is 5.62. The first-order chi connectivity index (χ1) is 9.50. The summed E-state index contributed by atoms with van der Waals surface area (Å²) in [6.07, 6.45) is 0. The number of para-hydroxylation sites is 1. The average molecular weight is 273 g/mol. The lowest BCUT2D eigenvalue weighted by molar-refractivity contribution is -0.384. The molecule has 0 bridgehead atoms. The summed E-state index contributed by atoms with van der Waals surface area (Å²) in [7, 11) is 0. The molecule has 0 aromatic heterocycles. The molecule has 0 fully saturated rings. The topological polar surface area (TPSA) is 110 Å². The van der Waals surface area contributed by atoms with Gasteiger partial charge in [0.25, 0.3) is 5.69 Å². The van der Waals surface area contributed by atoms with E-state index in [0.717, 1.165) is 23.1 Å². The number of rotatable bonds is 3. The zero-order chi connectivity index (χ0) is 14.7. The van der Waals surface area contributed by atoms with Gasteiger partial charge in [0.05, 0.1) is 16.3 Å². The lowest BCUT2D eigenvalue weighted by Crippen LogP contribution is -2.31. The predicted molar refractivity (Wildman–Crippen MR) is 72.9 cm³/mol. The van der Waals surface area contributed by atoms with Gasteiger partial charge in [-0.2, -0.15) is 0 Å². The Morgan fingerprint density at radius 3 is 2.40 bits per heavy atom. The van der Waals surface area contributed by atoms with Crippen LogP contribution in [0.3, 0.4) is 0 Å². The first-order valence-electron chi connectivity index (χ1n) is 5.62. The number of phenolic OH excluding ortho intramolecular Hbond substituents is 1. The number of aromatic hydroxyl groups is 1. The highest BCUT2D eigenvalue weighted by molar-refractivity contribution is 6.00. The van der Waals surface area contributed by atoms with Crippen LogP contribution >= 0.6 is 0 Å². The highest BCUT2D eigenvalue weighted by atomic mass is 16.6. The normalized spacial score (nSPS) is 10.0. The number of non-ortho nitro benzene ring substituents is 1. The fourth-order valence-corrected chi connectivity index (χ4v) is 1.77.